The van der Waals surface area contributed by atoms with Gasteiger partial charge in [0.05, 0.1) is 17.9 Å². The van der Waals surface area contributed by atoms with Gasteiger partial charge in [-0.1, -0.05) is 84.9 Å². The van der Waals surface area contributed by atoms with Gasteiger partial charge < -0.3 is 8.37 Å². The van der Waals surface area contributed by atoms with Crippen molar-refractivity contribution in [3.8, 4) is 22.6 Å². The van der Waals surface area contributed by atoms with E-state index in [1.54, 1.807) is 48.5 Å². The van der Waals surface area contributed by atoms with Gasteiger partial charge in [0, 0.05) is 11.1 Å². The molecule has 0 amide bonds. The summed E-state index contributed by atoms with van der Waals surface area (Å²) in [4.78, 5) is 0. The second-order valence-corrected chi connectivity index (χ2v) is 11.6. The van der Waals surface area contributed by atoms with E-state index in [1.165, 1.54) is 0 Å². The minimum atomic E-state index is -3.86. The van der Waals surface area contributed by atoms with Crippen LogP contribution in [0.5, 0.6) is 11.5 Å². The van der Waals surface area contributed by atoms with Crippen molar-refractivity contribution in [3.63, 3.8) is 0 Å². The van der Waals surface area contributed by atoms with E-state index in [9.17, 15) is 16.8 Å². The van der Waals surface area contributed by atoms with E-state index >= 15 is 0 Å². The number of fused-ring (bicyclic) bond motifs is 3. The molecule has 0 aromatic heterocycles. The number of rotatable bonds is 6. The monoisotopic (exact) mass is 506 g/mol. The fourth-order valence-electron chi connectivity index (χ4n) is 4.98. The molecule has 0 fully saturated rings. The van der Waals surface area contributed by atoms with E-state index in [0.29, 0.717) is 11.1 Å². The molecule has 6 nitrogen and oxygen atoms in total. The molecule has 1 aliphatic rings. The number of para-hydroxylation sites is 2. The first-order valence-electron chi connectivity index (χ1n) is 10.8. The molecule has 0 saturated heterocycles. The molecule has 8 heteroatoms. The second kappa shape index (κ2) is 8.25. The van der Waals surface area contributed by atoms with Gasteiger partial charge in [-0.25, -0.2) is 0 Å². The first-order chi connectivity index (χ1) is 16.6. The van der Waals surface area contributed by atoms with Crippen molar-refractivity contribution in [3.05, 3.63) is 119 Å². The summed E-state index contributed by atoms with van der Waals surface area (Å²) < 4.78 is 59.9. The maximum Gasteiger partial charge on any atom is 0.306 e. The molecule has 178 valence electrons. The number of hydrogen-bond acceptors (Lipinski definition) is 6. The van der Waals surface area contributed by atoms with E-state index in [2.05, 4.69) is 0 Å². The Bertz CT molecular complexity index is 1530. The smallest absolute Gasteiger partial charge is 0.306 e. The zero-order valence-electron chi connectivity index (χ0n) is 19.0. The largest absolute Gasteiger partial charge is 0.382 e. The summed E-state index contributed by atoms with van der Waals surface area (Å²) in [6.45, 7) is 0. The van der Waals surface area contributed by atoms with Gasteiger partial charge in [0.2, 0.25) is 0 Å². The molecule has 0 saturated carbocycles. The van der Waals surface area contributed by atoms with E-state index in [4.69, 9.17) is 8.37 Å². The lowest BCUT2D eigenvalue weighted by Crippen LogP contribution is -2.30. The Hall–Kier alpha value is -3.62. The predicted molar refractivity (Wildman–Crippen MR) is 135 cm³/mol. The van der Waals surface area contributed by atoms with Crippen LogP contribution >= 0.6 is 0 Å². The van der Waals surface area contributed by atoms with Crippen LogP contribution in [-0.2, 0) is 25.7 Å². The summed E-state index contributed by atoms with van der Waals surface area (Å²) in [7, 11) is -7.72. The van der Waals surface area contributed by atoms with Gasteiger partial charge in [0.15, 0.2) is 0 Å². The van der Waals surface area contributed by atoms with Crippen LogP contribution in [0.15, 0.2) is 97.1 Å². The molecule has 0 aliphatic heterocycles. The van der Waals surface area contributed by atoms with Crippen molar-refractivity contribution in [1.29, 1.82) is 0 Å². The van der Waals surface area contributed by atoms with E-state index < -0.39 is 25.7 Å². The van der Waals surface area contributed by atoms with Crippen LogP contribution in [0.2, 0.25) is 0 Å². The fraction of sp³-hybridized carbons (Fsp3) is 0.111. The first-order valence-corrected chi connectivity index (χ1v) is 14.4. The third-order valence-electron chi connectivity index (χ3n) is 6.02. The highest BCUT2D eigenvalue weighted by Gasteiger charge is 2.49. The molecule has 4 aromatic carbocycles. The molecule has 0 heterocycles. The highest BCUT2D eigenvalue weighted by atomic mass is 32.2. The molecule has 0 radical (unpaired) electrons. The third kappa shape index (κ3) is 3.98. The molecule has 0 atom stereocenters. The van der Waals surface area contributed by atoms with E-state index in [-0.39, 0.29) is 11.5 Å². The summed E-state index contributed by atoms with van der Waals surface area (Å²) in [6.07, 6.45) is 1.99. The predicted octanol–water partition coefficient (Wildman–Crippen LogP) is 4.73. The summed E-state index contributed by atoms with van der Waals surface area (Å²) in [6, 6.07) is 29.4. The van der Waals surface area contributed by atoms with Crippen molar-refractivity contribution < 1.29 is 25.2 Å². The maximum absolute atomic E-state index is 12.2. The molecule has 35 heavy (non-hydrogen) atoms. The van der Waals surface area contributed by atoms with Gasteiger partial charge >= 0.3 is 20.2 Å². The Kier molecular flexibility index (Phi) is 5.45. The van der Waals surface area contributed by atoms with E-state index in [1.807, 2.05) is 48.5 Å². The SMILES string of the molecule is CS(=O)(=O)Oc1ccccc1C1(c2ccccc2OS(C)(=O)=O)c2ccccc2-c2ccccc21. The van der Waals surface area contributed by atoms with Crippen molar-refractivity contribution in [2.45, 2.75) is 5.41 Å². The van der Waals surface area contributed by atoms with Crippen LogP contribution in [0.1, 0.15) is 22.3 Å². The van der Waals surface area contributed by atoms with Crippen molar-refractivity contribution in [2.75, 3.05) is 12.5 Å². The Balaban J connectivity index is 1.98. The lowest BCUT2D eigenvalue weighted by atomic mass is 9.67. The topological polar surface area (TPSA) is 86.7 Å². The molecule has 1 aliphatic carbocycles. The molecule has 0 bridgehead atoms. The third-order valence-corrected chi connectivity index (χ3v) is 6.98. The highest BCUT2D eigenvalue weighted by molar-refractivity contribution is 7.86. The molecule has 4 aromatic rings. The second-order valence-electron chi connectivity index (χ2n) is 8.41. The van der Waals surface area contributed by atoms with Crippen molar-refractivity contribution in [1.82, 2.24) is 0 Å². The molecule has 0 unspecified atom stereocenters. The van der Waals surface area contributed by atoms with Crippen LogP contribution in [0.25, 0.3) is 11.1 Å². The van der Waals surface area contributed by atoms with E-state index in [0.717, 1.165) is 34.8 Å². The fourth-order valence-corrected chi connectivity index (χ4v) is 5.93. The standard InChI is InChI=1S/C27H22O6S2/c1-34(28,29)32-25-17-9-7-15-23(25)27(24-16-8-10-18-26(24)33-35(2,30)31)21-13-5-3-11-19(21)20-12-4-6-14-22(20)27/h3-18H,1-2H3. The summed E-state index contributed by atoms with van der Waals surface area (Å²) in [5, 5.41) is 0. The zero-order valence-corrected chi connectivity index (χ0v) is 20.6. The zero-order chi connectivity index (χ0) is 24.8. The van der Waals surface area contributed by atoms with Gasteiger partial charge in [-0.3, -0.25) is 0 Å². The van der Waals surface area contributed by atoms with Gasteiger partial charge in [-0.15, -0.1) is 0 Å². The average Bonchev–Trinajstić information content (AvgIpc) is 3.09. The average molecular weight is 507 g/mol. The minimum Gasteiger partial charge on any atom is -0.382 e. The molecule has 0 spiro atoms. The number of benzene rings is 4. The minimum absolute atomic E-state index is 0.149. The molecule has 0 N–H and O–H groups in total. The highest BCUT2D eigenvalue weighted by Crippen LogP contribution is 2.59. The van der Waals surface area contributed by atoms with Crippen LogP contribution in [0.4, 0.5) is 0 Å². The number of hydrogen-bond donors (Lipinski definition) is 0. The van der Waals surface area contributed by atoms with Crippen LogP contribution < -0.4 is 8.37 Å². The maximum atomic E-state index is 12.2. The Morgan fingerprint density at radius 3 is 1.17 bits per heavy atom. The quantitative estimate of drug-likeness (QED) is 0.310. The van der Waals surface area contributed by atoms with Crippen LogP contribution in [-0.4, -0.2) is 29.3 Å². The Morgan fingerprint density at radius 1 is 0.486 bits per heavy atom. The lowest BCUT2D eigenvalue weighted by Gasteiger charge is -2.35. The summed E-state index contributed by atoms with van der Waals surface area (Å²) in [5.41, 5.74) is 3.60. The summed E-state index contributed by atoms with van der Waals surface area (Å²) >= 11 is 0. The van der Waals surface area contributed by atoms with Gasteiger partial charge in [0.1, 0.15) is 11.5 Å². The summed E-state index contributed by atoms with van der Waals surface area (Å²) in [5.74, 6) is 0.298. The van der Waals surface area contributed by atoms with Crippen molar-refractivity contribution >= 4 is 20.2 Å². The Morgan fingerprint density at radius 2 is 0.800 bits per heavy atom. The van der Waals surface area contributed by atoms with Crippen LogP contribution in [0, 0.1) is 0 Å². The van der Waals surface area contributed by atoms with Gasteiger partial charge in [-0.2, -0.15) is 16.8 Å². The van der Waals surface area contributed by atoms with Crippen LogP contribution in [0.3, 0.4) is 0 Å². The first kappa shape index (κ1) is 23.1. The molecule has 5 rings (SSSR count). The van der Waals surface area contributed by atoms with Gasteiger partial charge in [0.25, 0.3) is 0 Å². The lowest BCUT2D eigenvalue weighted by molar-refractivity contribution is 0.480. The van der Waals surface area contributed by atoms with Gasteiger partial charge in [-0.05, 0) is 34.4 Å². The Labute approximate surface area is 205 Å². The van der Waals surface area contributed by atoms with Crippen molar-refractivity contribution in [2.24, 2.45) is 0 Å². The molecular weight excluding hydrogens is 484 g/mol. The molecular formula is C27H22O6S2. The normalized spacial score (nSPS) is 14.1.